The van der Waals surface area contributed by atoms with E-state index in [1.165, 1.54) is 4.31 Å². The van der Waals surface area contributed by atoms with Gasteiger partial charge in [0, 0.05) is 13.1 Å². The summed E-state index contributed by atoms with van der Waals surface area (Å²) in [7, 11) is -3.84. The smallest absolute Gasteiger partial charge is 0.337 e. The number of anilines is 1. The van der Waals surface area contributed by atoms with E-state index in [-0.39, 0.29) is 11.6 Å². The van der Waals surface area contributed by atoms with E-state index >= 15 is 0 Å². The van der Waals surface area contributed by atoms with Gasteiger partial charge < -0.3 is 5.11 Å². The summed E-state index contributed by atoms with van der Waals surface area (Å²) >= 11 is 0. The van der Waals surface area contributed by atoms with Gasteiger partial charge in [-0.05, 0) is 37.0 Å². The third kappa shape index (κ3) is 3.70. The van der Waals surface area contributed by atoms with Crippen LogP contribution in [0.25, 0.3) is 0 Å². The fourth-order valence-electron chi connectivity index (χ4n) is 2.35. The number of nitrogens with one attached hydrogen (secondary N) is 1. The minimum Gasteiger partial charge on any atom is -0.478 e. The predicted molar refractivity (Wildman–Crippen MR) is 75.9 cm³/mol. The largest absolute Gasteiger partial charge is 0.478 e. The molecule has 1 saturated heterocycles. The van der Waals surface area contributed by atoms with E-state index in [0.29, 0.717) is 13.1 Å². The first-order valence-corrected chi connectivity index (χ1v) is 8.04. The molecule has 1 unspecified atom stereocenters. The molecular weight excluding hydrogens is 299 g/mol. The fraction of sp³-hybridized carbons (Fsp3) is 0.462. The molecule has 116 valence electrons. The van der Waals surface area contributed by atoms with E-state index in [2.05, 4.69) is 4.72 Å². The molecule has 2 rings (SSSR count). The lowest BCUT2D eigenvalue weighted by Crippen LogP contribution is -2.42. The molecule has 0 radical (unpaired) electrons. The number of hydrogen-bond donors (Lipinski definition) is 2. The summed E-state index contributed by atoms with van der Waals surface area (Å²) in [5, 5.41) is 9.02. The number of rotatable bonds is 4. The van der Waals surface area contributed by atoms with Crippen LogP contribution >= 0.6 is 0 Å². The maximum absolute atomic E-state index is 13.1. The molecule has 2 N–H and O–H groups in total. The lowest BCUT2D eigenvalue weighted by molar-refractivity contribution is 0.0697. The third-order valence-corrected chi connectivity index (χ3v) is 4.90. The van der Waals surface area contributed by atoms with Gasteiger partial charge in [-0.3, -0.25) is 4.72 Å². The van der Waals surface area contributed by atoms with E-state index in [9.17, 15) is 17.6 Å². The van der Waals surface area contributed by atoms with Crippen LogP contribution in [0.3, 0.4) is 0 Å². The van der Waals surface area contributed by atoms with Crippen molar-refractivity contribution in [2.75, 3.05) is 17.8 Å². The van der Waals surface area contributed by atoms with Crippen molar-refractivity contribution in [3.63, 3.8) is 0 Å². The molecule has 21 heavy (non-hydrogen) atoms. The summed E-state index contributed by atoms with van der Waals surface area (Å²) in [6.45, 7) is 2.74. The van der Waals surface area contributed by atoms with E-state index in [1.54, 1.807) is 0 Å². The maximum Gasteiger partial charge on any atom is 0.337 e. The zero-order valence-electron chi connectivity index (χ0n) is 11.5. The van der Waals surface area contributed by atoms with Gasteiger partial charge >= 0.3 is 16.2 Å². The van der Waals surface area contributed by atoms with E-state index in [4.69, 9.17) is 5.11 Å². The minimum atomic E-state index is -3.84. The Kier molecular flexibility index (Phi) is 4.48. The second kappa shape index (κ2) is 5.98. The van der Waals surface area contributed by atoms with Gasteiger partial charge in [0.05, 0.1) is 11.3 Å². The van der Waals surface area contributed by atoms with Gasteiger partial charge in [0.1, 0.15) is 5.82 Å². The number of benzene rings is 1. The Hall–Kier alpha value is -1.67. The molecular formula is C13H17FN2O4S. The first-order valence-electron chi connectivity index (χ1n) is 6.60. The van der Waals surface area contributed by atoms with Crippen LogP contribution in [0.5, 0.6) is 0 Å². The second-order valence-electron chi connectivity index (χ2n) is 5.21. The zero-order valence-corrected chi connectivity index (χ0v) is 12.4. The van der Waals surface area contributed by atoms with Crippen LogP contribution in [-0.4, -0.2) is 36.9 Å². The number of nitrogens with zero attached hydrogens (tertiary/aromatic N) is 1. The van der Waals surface area contributed by atoms with Crippen LogP contribution in [0.15, 0.2) is 18.2 Å². The molecule has 6 nitrogen and oxygen atoms in total. The van der Waals surface area contributed by atoms with Crippen LogP contribution in [0, 0.1) is 11.7 Å². The number of carbonyl (C=O) groups is 1. The Balaban J connectivity index is 2.26. The highest BCUT2D eigenvalue weighted by Gasteiger charge is 2.28. The molecule has 1 fully saturated rings. The lowest BCUT2D eigenvalue weighted by atomic mass is 10.0. The Labute approximate surface area is 122 Å². The predicted octanol–water partition coefficient (Wildman–Crippen LogP) is 1.91. The molecule has 1 atom stereocenters. The molecule has 0 aliphatic carbocycles. The van der Waals surface area contributed by atoms with Crippen molar-refractivity contribution in [3.05, 3.63) is 29.6 Å². The van der Waals surface area contributed by atoms with Crippen LogP contribution < -0.4 is 4.72 Å². The summed E-state index contributed by atoms with van der Waals surface area (Å²) in [6, 6.07) is 2.92. The highest BCUT2D eigenvalue weighted by Crippen LogP contribution is 2.23. The SMILES string of the molecule is CC1CCCN(S(=O)(=O)Nc2ccc(F)cc2C(=O)O)C1. The summed E-state index contributed by atoms with van der Waals surface area (Å²) in [4.78, 5) is 11.1. The van der Waals surface area contributed by atoms with Crippen molar-refractivity contribution in [1.29, 1.82) is 0 Å². The molecule has 0 saturated carbocycles. The Morgan fingerprint density at radius 1 is 1.48 bits per heavy atom. The number of carboxylic acids is 1. The Morgan fingerprint density at radius 2 is 2.19 bits per heavy atom. The standard InChI is InChI=1S/C13H17FN2O4S/c1-9-3-2-6-16(8-9)21(19,20)15-12-5-4-10(14)7-11(12)13(17)18/h4-5,7,9,15H,2-3,6,8H2,1H3,(H,17,18). The summed E-state index contributed by atoms with van der Waals surface area (Å²) in [5.74, 6) is -1.87. The van der Waals surface area contributed by atoms with Gasteiger partial charge in [-0.25, -0.2) is 9.18 Å². The van der Waals surface area contributed by atoms with Crippen LogP contribution in [-0.2, 0) is 10.2 Å². The number of hydrogen-bond acceptors (Lipinski definition) is 3. The zero-order chi connectivity index (χ0) is 15.6. The van der Waals surface area contributed by atoms with Crippen LogP contribution in [0.2, 0.25) is 0 Å². The number of aromatic carboxylic acids is 1. The number of carboxylic acid groups (broad SMARTS) is 1. The van der Waals surface area contributed by atoms with E-state index < -0.39 is 27.6 Å². The van der Waals surface area contributed by atoms with Gasteiger partial charge in [-0.1, -0.05) is 6.92 Å². The Morgan fingerprint density at radius 3 is 2.81 bits per heavy atom. The van der Waals surface area contributed by atoms with Crippen molar-refractivity contribution in [2.24, 2.45) is 5.92 Å². The average Bonchev–Trinajstić information content (AvgIpc) is 2.40. The summed E-state index contributed by atoms with van der Waals surface area (Å²) < 4.78 is 41.2. The van der Waals surface area contributed by atoms with E-state index in [1.807, 2.05) is 6.92 Å². The monoisotopic (exact) mass is 316 g/mol. The lowest BCUT2D eigenvalue weighted by Gasteiger charge is -2.30. The van der Waals surface area contributed by atoms with Crippen LogP contribution in [0.1, 0.15) is 30.1 Å². The molecule has 1 heterocycles. The van der Waals surface area contributed by atoms with Crippen molar-refractivity contribution < 1.29 is 22.7 Å². The molecule has 8 heteroatoms. The average molecular weight is 316 g/mol. The van der Waals surface area contributed by atoms with Crippen molar-refractivity contribution >= 4 is 21.9 Å². The number of piperidine rings is 1. The first-order chi connectivity index (χ1) is 9.79. The maximum atomic E-state index is 13.1. The van der Waals surface area contributed by atoms with Crippen molar-refractivity contribution in [3.8, 4) is 0 Å². The van der Waals surface area contributed by atoms with Crippen molar-refractivity contribution in [1.82, 2.24) is 4.31 Å². The number of halogens is 1. The van der Waals surface area contributed by atoms with Gasteiger partial charge in [0.25, 0.3) is 0 Å². The fourth-order valence-corrected chi connectivity index (χ4v) is 3.76. The van der Waals surface area contributed by atoms with Crippen molar-refractivity contribution in [2.45, 2.75) is 19.8 Å². The molecule has 1 aromatic carbocycles. The van der Waals surface area contributed by atoms with E-state index in [0.717, 1.165) is 31.0 Å². The summed E-state index contributed by atoms with van der Waals surface area (Å²) in [6.07, 6.45) is 1.72. The quantitative estimate of drug-likeness (QED) is 0.888. The highest BCUT2D eigenvalue weighted by molar-refractivity contribution is 7.90. The first kappa shape index (κ1) is 15.7. The molecule has 0 aromatic heterocycles. The van der Waals surface area contributed by atoms with Gasteiger partial charge in [0.15, 0.2) is 0 Å². The Bertz CT molecular complexity index is 648. The molecule has 0 spiro atoms. The third-order valence-electron chi connectivity index (χ3n) is 3.41. The normalized spacial score (nSPS) is 20.2. The van der Waals surface area contributed by atoms with Gasteiger partial charge in [-0.2, -0.15) is 12.7 Å². The molecule has 0 bridgehead atoms. The van der Waals surface area contributed by atoms with Gasteiger partial charge in [0.2, 0.25) is 0 Å². The second-order valence-corrected chi connectivity index (χ2v) is 6.88. The molecule has 1 aromatic rings. The minimum absolute atomic E-state index is 0.137. The highest BCUT2D eigenvalue weighted by atomic mass is 32.2. The molecule has 1 aliphatic heterocycles. The summed E-state index contributed by atoms with van der Waals surface area (Å²) in [5.41, 5.74) is -0.550. The van der Waals surface area contributed by atoms with Crippen LogP contribution in [0.4, 0.5) is 10.1 Å². The topological polar surface area (TPSA) is 86.7 Å². The molecule has 1 aliphatic rings. The van der Waals surface area contributed by atoms with Gasteiger partial charge in [-0.15, -0.1) is 0 Å². The molecule has 0 amide bonds.